The average molecular weight is 455 g/mol. The fraction of sp³-hybridized carbons (Fsp3) is 0.227. The lowest BCUT2D eigenvalue weighted by molar-refractivity contribution is 0.0944. The van der Waals surface area contributed by atoms with Gasteiger partial charge in [-0.1, -0.05) is 23.9 Å². The van der Waals surface area contributed by atoms with Gasteiger partial charge < -0.3 is 25.1 Å². The summed E-state index contributed by atoms with van der Waals surface area (Å²) >= 11 is 1.33. The third-order valence-corrected chi connectivity index (χ3v) is 6.19. The Kier molecular flexibility index (Phi) is 5.70. The first-order chi connectivity index (χ1) is 15.4. The van der Waals surface area contributed by atoms with Gasteiger partial charge in [-0.2, -0.15) is 9.78 Å². The SMILES string of the molecule is COc1cc(C2SC(N)=Nc3c2c(C)nn3C(=O)c2ccccc2O)cc(OC)c1OC. The van der Waals surface area contributed by atoms with E-state index in [9.17, 15) is 9.90 Å². The van der Waals surface area contributed by atoms with Crippen molar-refractivity contribution in [2.24, 2.45) is 10.7 Å². The molecule has 1 atom stereocenters. The molecule has 0 spiro atoms. The van der Waals surface area contributed by atoms with Crippen LogP contribution in [-0.2, 0) is 0 Å². The molecule has 3 N–H and O–H groups in total. The minimum Gasteiger partial charge on any atom is -0.507 e. The molecule has 9 nitrogen and oxygen atoms in total. The number of thioether (sulfide) groups is 1. The first kappa shape index (κ1) is 21.6. The zero-order valence-corrected chi connectivity index (χ0v) is 18.8. The van der Waals surface area contributed by atoms with Crippen molar-refractivity contribution in [3.63, 3.8) is 0 Å². The molecular weight excluding hydrogens is 432 g/mol. The third-order valence-electron chi connectivity index (χ3n) is 5.11. The van der Waals surface area contributed by atoms with Crippen LogP contribution in [0.25, 0.3) is 0 Å². The minimum absolute atomic E-state index is 0.120. The van der Waals surface area contributed by atoms with E-state index in [-0.39, 0.29) is 21.7 Å². The molecule has 0 radical (unpaired) electrons. The molecule has 1 aliphatic heterocycles. The molecule has 3 aromatic rings. The van der Waals surface area contributed by atoms with E-state index in [2.05, 4.69) is 10.1 Å². The Bertz CT molecular complexity index is 1210. The Balaban J connectivity index is 1.87. The number of benzene rings is 2. The van der Waals surface area contributed by atoms with Gasteiger partial charge in [-0.3, -0.25) is 4.79 Å². The van der Waals surface area contributed by atoms with Gasteiger partial charge in [0.05, 0.1) is 37.8 Å². The van der Waals surface area contributed by atoms with E-state index in [4.69, 9.17) is 19.9 Å². The fourth-order valence-electron chi connectivity index (χ4n) is 3.65. The minimum atomic E-state index is -0.500. The fourth-order valence-corrected chi connectivity index (χ4v) is 4.70. The topological polar surface area (TPSA) is 121 Å². The van der Waals surface area contributed by atoms with E-state index >= 15 is 0 Å². The molecule has 10 heteroatoms. The van der Waals surface area contributed by atoms with Crippen LogP contribution in [0.2, 0.25) is 0 Å². The van der Waals surface area contributed by atoms with Gasteiger partial charge in [0, 0.05) is 5.56 Å². The highest BCUT2D eigenvalue weighted by Crippen LogP contribution is 2.49. The molecule has 4 rings (SSSR count). The number of rotatable bonds is 5. The maximum absolute atomic E-state index is 13.2. The van der Waals surface area contributed by atoms with E-state index in [1.54, 1.807) is 33.3 Å². The summed E-state index contributed by atoms with van der Waals surface area (Å²) in [6.07, 6.45) is 0. The van der Waals surface area contributed by atoms with Crippen LogP contribution >= 0.6 is 11.8 Å². The molecule has 1 unspecified atom stereocenters. The number of nitrogens with zero attached hydrogens (tertiary/aromatic N) is 3. The first-order valence-electron chi connectivity index (χ1n) is 9.62. The molecule has 32 heavy (non-hydrogen) atoms. The van der Waals surface area contributed by atoms with E-state index in [0.29, 0.717) is 28.8 Å². The second-order valence-corrected chi connectivity index (χ2v) is 8.09. The standard InChI is InChI=1S/C22H22N4O5S/c1-11-17-19(12-9-15(29-2)18(31-4)16(10-12)30-3)32-22(23)24-20(17)26(25-11)21(28)13-7-5-6-8-14(13)27/h5-10,19,27H,1-4H3,(H2,23,24). The number of ether oxygens (including phenoxy) is 3. The second-order valence-electron chi connectivity index (χ2n) is 6.96. The number of para-hydroxylation sites is 1. The van der Waals surface area contributed by atoms with E-state index in [0.717, 1.165) is 11.1 Å². The molecule has 0 bridgehead atoms. The number of phenolic OH excluding ortho intramolecular Hbond substituents is 1. The molecule has 0 fully saturated rings. The molecule has 2 heterocycles. The van der Waals surface area contributed by atoms with Gasteiger partial charge in [0.1, 0.15) is 5.75 Å². The first-order valence-corrected chi connectivity index (χ1v) is 10.5. The summed E-state index contributed by atoms with van der Waals surface area (Å²) in [4.78, 5) is 17.6. The summed E-state index contributed by atoms with van der Waals surface area (Å²) in [7, 11) is 4.63. The van der Waals surface area contributed by atoms with Gasteiger partial charge in [0.2, 0.25) is 5.75 Å². The molecule has 2 aromatic carbocycles. The normalized spacial score (nSPS) is 15.0. The summed E-state index contributed by atoms with van der Waals surface area (Å²) in [6.45, 7) is 1.80. The number of carbonyl (C=O) groups excluding carboxylic acids is 1. The molecule has 0 saturated carbocycles. The van der Waals surface area contributed by atoms with E-state index in [1.165, 1.54) is 35.7 Å². The lowest BCUT2D eigenvalue weighted by Crippen LogP contribution is -2.18. The molecule has 0 saturated heterocycles. The number of hydrogen-bond donors (Lipinski definition) is 2. The zero-order chi connectivity index (χ0) is 23.0. The number of fused-ring (bicyclic) bond motifs is 1. The van der Waals surface area contributed by atoms with Gasteiger partial charge in [-0.15, -0.1) is 0 Å². The Hall–Kier alpha value is -3.66. The smallest absolute Gasteiger partial charge is 0.283 e. The van der Waals surface area contributed by atoms with E-state index in [1.807, 2.05) is 12.1 Å². The Morgan fingerprint density at radius 3 is 2.38 bits per heavy atom. The van der Waals surface area contributed by atoms with Crippen LogP contribution in [-0.4, -0.2) is 47.3 Å². The van der Waals surface area contributed by atoms with Crippen molar-refractivity contribution in [2.45, 2.75) is 12.2 Å². The number of aryl methyl sites for hydroxylation is 1. The quantitative estimate of drug-likeness (QED) is 0.602. The zero-order valence-electron chi connectivity index (χ0n) is 17.9. The van der Waals surface area contributed by atoms with Crippen molar-refractivity contribution in [2.75, 3.05) is 21.3 Å². The molecule has 1 aromatic heterocycles. The van der Waals surface area contributed by atoms with Crippen LogP contribution < -0.4 is 19.9 Å². The van der Waals surface area contributed by atoms with Crippen molar-refractivity contribution in [3.8, 4) is 23.0 Å². The van der Waals surface area contributed by atoms with Crippen molar-refractivity contribution >= 4 is 28.7 Å². The number of aromatic hydroxyl groups is 1. The van der Waals surface area contributed by atoms with Gasteiger partial charge in [-0.25, -0.2) is 4.99 Å². The summed E-state index contributed by atoms with van der Waals surface area (Å²) < 4.78 is 17.6. The Morgan fingerprint density at radius 1 is 1.12 bits per heavy atom. The predicted molar refractivity (Wildman–Crippen MR) is 122 cm³/mol. The molecular formula is C22H22N4O5S. The molecule has 0 amide bonds. The summed E-state index contributed by atoms with van der Waals surface area (Å²) in [6, 6.07) is 9.96. The number of carbonyl (C=O) groups is 1. The van der Waals surface area contributed by atoms with Crippen molar-refractivity contribution < 1.29 is 24.1 Å². The van der Waals surface area contributed by atoms with Gasteiger partial charge >= 0.3 is 0 Å². The van der Waals surface area contributed by atoms with Crippen molar-refractivity contribution in [1.29, 1.82) is 0 Å². The maximum atomic E-state index is 13.2. The number of aromatic nitrogens is 2. The molecule has 0 aliphatic carbocycles. The third kappa shape index (κ3) is 3.52. The average Bonchev–Trinajstić information content (AvgIpc) is 3.13. The van der Waals surface area contributed by atoms with Crippen LogP contribution in [0.3, 0.4) is 0 Å². The maximum Gasteiger partial charge on any atom is 0.283 e. The number of phenols is 1. The number of amidine groups is 1. The molecule has 1 aliphatic rings. The highest BCUT2D eigenvalue weighted by molar-refractivity contribution is 8.14. The predicted octanol–water partition coefficient (Wildman–Crippen LogP) is 3.39. The lowest BCUT2D eigenvalue weighted by Gasteiger charge is -2.23. The van der Waals surface area contributed by atoms with Crippen LogP contribution in [0.15, 0.2) is 41.4 Å². The highest BCUT2D eigenvalue weighted by Gasteiger charge is 2.33. The number of hydrogen-bond acceptors (Lipinski definition) is 9. The largest absolute Gasteiger partial charge is 0.507 e. The highest BCUT2D eigenvalue weighted by atomic mass is 32.2. The van der Waals surface area contributed by atoms with Crippen LogP contribution in [0.1, 0.15) is 32.4 Å². The van der Waals surface area contributed by atoms with Crippen LogP contribution in [0, 0.1) is 6.92 Å². The van der Waals surface area contributed by atoms with Gasteiger partial charge in [0.25, 0.3) is 5.91 Å². The lowest BCUT2D eigenvalue weighted by atomic mass is 10.0. The van der Waals surface area contributed by atoms with Crippen LogP contribution in [0.5, 0.6) is 23.0 Å². The van der Waals surface area contributed by atoms with Crippen molar-refractivity contribution in [1.82, 2.24) is 9.78 Å². The monoisotopic (exact) mass is 454 g/mol. The van der Waals surface area contributed by atoms with Gasteiger partial charge in [0.15, 0.2) is 22.5 Å². The number of nitrogens with two attached hydrogens (primary N) is 1. The summed E-state index contributed by atoms with van der Waals surface area (Å²) in [5.41, 5.74) is 8.44. The van der Waals surface area contributed by atoms with E-state index < -0.39 is 5.91 Å². The Morgan fingerprint density at radius 2 is 1.78 bits per heavy atom. The van der Waals surface area contributed by atoms with Gasteiger partial charge in [-0.05, 0) is 36.8 Å². The molecule has 166 valence electrons. The number of aliphatic imine (C=N–C) groups is 1. The Labute approximate surface area is 188 Å². The second kappa shape index (κ2) is 8.46. The summed E-state index contributed by atoms with van der Waals surface area (Å²) in [5, 5.41) is 14.5. The van der Waals surface area contributed by atoms with Crippen molar-refractivity contribution in [3.05, 3.63) is 58.8 Å². The summed E-state index contributed by atoms with van der Waals surface area (Å²) in [5.74, 6) is 1.16. The number of methoxy groups -OCH3 is 3. The van der Waals surface area contributed by atoms with Crippen LogP contribution in [0.4, 0.5) is 5.82 Å².